The third-order valence-electron chi connectivity index (χ3n) is 3.82. The van der Waals surface area contributed by atoms with Crippen LogP contribution in [-0.2, 0) is 4.79 Å². The first-order valence-electron chi connectivity index (χ1n) is 5.42. The second-order valence-electron chi connectivity index (χ2n) is 5.10. The van der Waals surface area contributed by atoms with Gasteiger partial charge in [0.2, 0.25) is 5.91 Å². The fourth-order valence-corrected chi connectivity index (χ4v) is 2.67. The molecule has 0 spiro atoms. The van der Waals surface area contributed by atoms with E-state index in [2.05, 4.69) is 19.2 Å². The van der Waals surface area contributed by atoms with Gasteiger partial charge in [0, 0.05) is 12.5 Å². The highest BCUT2D eigenvalue weighted by atomic mass is 16.2. The van der Waals surface area contributed by atoms with E-state index in [1.54, 1.807) is 0 Å². The standard InChI is InChI=1S/C11H19NO/c1-8(2)3-5-11-6-4-9(11)10(13)12-7-11/h8-9H,3-7H2,1-2H3,(H,12,13). The van der Waals surface area contributed by atoms with Crippen molar-refractivity contribution in [3.63, 3.8) is 0 Å². The van der Waals surface area contributed by atoms with E-state index in [0.29, 0.717) is 17.2 Å². The molecule has 2 nitrogen and oxygen atoms in total. The third-order valence-corrected chi connectivity index (χ3v) is 3.82. The van der Waals surface area contributed by atoms with Crippen LogP contribution in [0.25, 0.3) is 0 Å². The van der Waals surface area contributed by atoms with Crippen molar-refractivity contribution in [2.75, 3.05) is 6.54 Å². The second kappa shape index (κ2) is 3.00. The first-order chi connectivity index (χ1) is 6.14. The molecular weight excluding hydrogens is 162 g/mol. The lowest BCUT2D eigenvalue weighted by Crippen LogP contribution is -2.40. The van der Waals surface area contributed by atoms with Gasteiger partial charge in [-0.15, -0.1) is 0 Å². The van der Waals surface area contributed by atoms with Gasteiger partial charge >= 0.3 is 0 Å². The van der Waals surface area contributed by atoms with Crippen LogP contribution >= 0.6 is 0 Å². The predicted molar refractivity (Wildman–Crippen MR) is 52.2 cm³/mol. The van der Waals surface area contributed by atoms with Crippen molar-refractivity contribution >= 4 is 5.91 Å². The average Bonchev–Trinajstić information content (AvgIpc) is 2.21. The van der Waals surface area contributed by atoms with Gasteiger partial charge in [-0.1, -0.05) is 20.3 Å². The van der Waals surface area contributed by atoms with Crippen molar-refractivity contribution in [3.8, 4) is 0 Å². The summed E-state index contributed by atoms with van der Waals surface area (Å²) in [6.45, 7) is 5.46. The number of hydrogen-bond acceptors (Lipinski definition) is 1. The lowest BCUT2D eigenvalue weighted by molar-refractivity contribution is -0.127. The quantitative estimate of drug-likeness (QED) is 0.708. The van der Waals surface area contributed by atoms with E-state index in [1.165, 1.54) is 19.3 Å². The van der Waals surface area contributed by atoms with Crippen LogP contribution in [0.15, 0.2) is 0 Å². The summed E-state index contributed by atoms with van der Waals surface area (Å²) in [7, 11) is 0. The molecule has 1 saturated carbocycles. The summed E-state index contributed by atoms with van der Waals surface area (Å²) < 4.78 is 0. The Bertz CT molecular complexity index is 224. The molecule has 1 N–H and O–H groups in total. The monoisotopic (exact) mass is 181 g/mol. The molecule has 0 aromatic rings. The van der Waals surface area contributed by atoms with Crippen LogP contribution in [-0.4, -0.2) is 12.5 Å². The summed E-state index contributed by atoms with van der Waals surface area (Å²) in [4.78, 5) is 11.4. The van der Waals surface area contributed by atoms with Crippen molar-refractivity contribution in [2.24, 2.45) is 17.3 Å². The molecule has 0 aromatic heterocycles. The zero-order chi connectivity index (χ0) is 9.47. The molecule has 2 atom stereocenters. The molecule has 74 valence electrons. The van der Waals surface area contributed by atoms with Gasteiger partial charge in [-0.3, -0.25) is 4.79 Å². The van der Waals surface area contributed by atoms with Crippen LogP contribution in [0, 0.1) is 17.3 Å². The molecule has 2 heteroatoms. The third kappa shape index (κ3) is 1.36. The van der Waals surface area contributed by atoms with Crippen LogP contribution in [0.1, 0.15) is 39.5 Å². The number of amides is 1. The fraction of sp³-hybridized carbons (Fsp3) is 0.909. The maximum absolute atomic E-state index is 11.4. The van der Waals surface area contributed by atoms with Crippen molar-refractivity contribution in [1.29, 1.82) is 0 Å². The molecule has 0 radical (unpaired) electrons. The Morgan fingerprint density at radius 3 is 2.85 bits per heavy atom. The molecule has 1 heterocycles. The fourth-order valence-electron chi connectivity index (χ4n) is 2.67. The Hall–Kier alpha value is -0.530. The van der Waals surface area contributed by atoms with E-state index >= 15 is 0 Å². The molecule has 2 unspecified atom stereocenters. The van der Waals surface area contributed by atoms with E-state index < -0.39 is 0 Å². The normalized spacial score (nSPS) is 37.2. The Morgan fingerprint density at radius 2 is 2.38 bits per heavy atom. The molecule has 0 aromatic carbocycles. The minimum atomic E-state index is 0.315. The molecule has 2 fully saturated rings. The van der Waals surface area contributed by atoms with Crippen molar-refractivity contribution < 1.29 is 4.79 Å². The molecular formula is C11H19NO. The summed E-state index contributed by atoms with van der Waals surface area (Å²) in [5.41, 5.74) is 0.376. The van der Waals surface area contributed by atoms with Gasteiger partial charge in [0.05, 0.1) is 0 Å². The molecule has 1 saturated heterocycles. The summed E-state index contributed by atoms with van der Waals surface area (Å²) in [6, 6.07) is 0. The smallest absolute Gasteiger partial charge is 0.223 e. The summed E-state index contributed by atoms with van der Waals surface area (Å²) in [6.07, 6.45) is 4.91. The maximum atomic E-state index is 11.4. The second-order valence-corrected chi connectivity index (χ2v) is 5.10. The van der Waals surface area contributed by atoms with Gasteiger partial charge in [0.15, 0.2) is 0 Å². The summed E-state index contributed by atoms with van der Waals surface area (Å²) in [5.74, 6) is 1.45. The van der Waals surface area contributed by atoms with E-state index in [4.69, 9.17) is 0 Å². The Kier molecular flexibility index (Phi) is 2.09. The predicted octanol–water partition coefficient (Wildman–Crippen LogP) is 1.95. The van der Waals surface area contributed by atoms with Crippen LogP contribution in [0.3, 0.4) is 0 Å². The van der Waals surface area contributed by atoms with E-state index in [1.807, 2.05) is 0 Å². The van der Waals surface area contributed by atoms with Crippen LogP contribution in [0.4, 0.5) is 0 Å². The molecule has 0 bridgehead atoms. The number of carbonyl (C=O) groups excluding carboxylic acids is 1. The van der Waals surface area contributed by atoms with Gasteiger partial charge in [-0.2, -0.15) is 0 Å². The first kappa shape index (κ1) is 9.04. The van der Waals surface area contributed by atoms with Crippen molar-refractivity contribution in [1.82, 2.24) is 5.32 Å². The Morgan fingerprint density at radius 1 is 1.62 bits per heavy atom. The number of nitrogens with one attached hydrogen (secondary N) is 1. The number of rotatable bonds is 3. The number of hydrogen-bond donors (Lipinski definition) is 1. The largest absolute Gasteiger partial charge is 0.355 e. The lowest BCUT2D eigenvalue weighted by Gasteiger charge is -2.43. The maximum Gasteiger partial charge on any atom is 0.223 e. The summed E-state index contributed by atoms with van der Waals surface area (Å²) >= 11 is 0. The van der Waals surface area contributed by atoms with Crippen molar-refractivity contribution in [2.45, 2.75) is 39.5 Å². The molecule has 2 aliphatic rings. The van der Waals surface area contributed by atoms with E-state index in [9.17, 15) is 4.79 Å². The van der Waals surface area contributed by atoms with Gasteiger partial charge in [-0.05, 0) is 30.6 Å². The van der Waals surface area contributed by atoms with E-state index in [0.717, 1.165) is 18.9 Å². The average molecular weight is 181 g/mol. The zero-order valence-corrected chi connectivity index (χ0v) is 8.60. The Balaban J connectivity index is 1.94. The molecule has 13 heavy (non-hydrogen) atoms. The minimum absolute atomic E-state index is 0.315. The number of carbonyl (C=O) groups is 1. The first-order valence-corrected chi connectivity index (χ1v) is 5.42. The van der Waals surface area contributed by atoms with Gasteiger partial charge in [0.25, 0.3) is 0 Å². The van der Waals surface area contributed by atoms with E-state index in [-0.39, 0.29) is 0 Å². The zero-order valence-electron chi connectivity index (χ0n) is 8.60. The highest BCUT2D eigenvalue weighted by molar-refractivity contribution is 5.83. The highest BCUT2D eigenvalue weighted by Crippen LogP contribution is 2.52. The van der Waals surface area contributed by atoms with Gasteiger partial charge in [0.1, 0.15) is 0 Å². The molecule has 1 aliphatic heterocycles. The molecule has 1 amide bonds. The Labute approximate surface area is 80.1 Å². The molecule has 1 aliphatic carbocycles. The van der Waals surface area contributed by atoms with Crippen LogP contribution < -0.4 is 5.32 Å². The highest BCUT2D eigenvalue weighted by Gasteiger charge is 2.54. The topological polar surface area (TPSA) is 29.1 Å². The lowest BCUT2D eigenvalue weighted by atomic mass is 9.59. The van der Waals surface area contributed by atoms with Gasteiger partial charge in [-0.25, -0.2) is 0 Å². The van der Waals surface area contributed by atoms with Crippen molar-refractivity contribution in [3.05, 3.63) is 0 Å². The minimum Gasteiger partial charge on any atom is -0.355 e. The van der Waals surface area contributed by atoms with Gasteiger partial charge < -0.3 is 5.32 Å². The summed E-state index contributed by atoms with van der Waals surface area (Å²) in [5, 5.41) is 3.01. The van der Waals surface area contributed by atoms with Crippen LogP contribution in [0.5, 0.6) is 0 Å². The number of fused-ring (bicyclic) bond motifs is 1. The SMILES string of the molecule is CC(C)CCC12CCC1C(=O)NC2. The molecule has 2 rings (SSSR count). The van der Waals surface area contributed by atoms with Crippen LogP contribution in [0.2, 0.25) is 0 Å².